The Morgan fingerprint density at radius 1 is 1.13 bits per heavy atom. The number of hydrogen-bond donors (Lipinski definition) is 2. The molecule has 0 bridgehead atoms. The molecule has 0 radical (unpaired) electrons. The molecule has 3 amide bonds. The quantitative estimate of drug-likeness (QED) is 0.790. The molecule has 2 saturated heterocycles. The molecule has 8 heteroatoms. The average Bonchev–Trinajstić information content (AvgIpc) is 2.81. The van der Waals surface area contributed by atoms with E-state index >= 15 is 0 Å². The van der Waals surface area contributed by atoms with Crippen molar-refractivity contribution in [3.05, 3.63) is 29.8 Å². The number of hydrogen-bond acceptors (Lipinski definition) is 4. The Bertz CT molecular complexity index is 734. The normalized spacial score (nSPS) is 21.3. The van der Waals surface area contributed by atoms with Crippen molar-refractivity contribution in [1.82, 2.24) is 14.9 Å². The number of benzene rings is 1. The number of amides is 3. The Labute approximate surface area is 135 Å². The molecule has 1 spiro atoms. The Morgan fingerprint density at radius 2 is 1.74 bits per heavy atom. The molecular formula is C15H19N3O4S. The summed E-state index contributed by atoms with van der Waals surface area (Å²) < 4.78 is 26.7. The van der Waals surface area contributed by atoms with Gasteiger partial charge in [0, 0.05) is 13.1 Å². The van der Waals surface area contributed by atoms with E-state index < -0.39 is 21.6 Å². The van der Waals surface area contributed by atoms with Crippen molar-refractivity contribution in [3.63, 3.8) is 0 Å². The molecule has 1 aromatic rings. The monoisotopic (exact) mass is 337 g/mol. The lowest BCUT2D eigenvalue weighted by Crippen LogP contribution is -2.55. The van der Waals surface area contributed by atoms with Crippen LogP contribution in [0, 0.1) is 0 Å². The summed E-state index contributed by atoms with van der Waals surface area (Å²) in [5.74, 6) is -0.369. The molecule has 3 rings (SSSR count). The van der Waals surface area contributed by atoms with E-state index in [0.29, 0.717) is 0 Å². The Morgan fingerprint density at radius 3 is 2.22 bits per heavy atom. The highest BCUT2D eigenvalue weighted by Crippen LogP contribution is 2.29. The third-order valence-corrected chi connectivity index (χ3v) is 6.47. The summed E-state index contributed by atoms with van der Waals surface area (Å²) in [6.07, 6.45) is 1.40. The number of piperidine rings is 1. The van der Waals surface area contributed by atoms with Gasteiger partial charge in [0.1, 0.15) is 5.54 Å². The van der Waals surface area contributed by atoms with Crippen LogP contribution in [0.4, 0.5) is 4.79 Å². The van der Waals surface area contributed by atoms with E-state index in [1.807, 2.05) is 19.1 Å². The minimum Gasteiger partial charge on any atom is -0.323 e. The van der Waals surface area contributed by atoms with Crippen LogP contribution in [-0.2, 0) is 21.2 Å². The zero-order valence-corrected chi connectivity index (χ0v) is 13.6. The first kappa shape index (κ1) is 15.9. The standard InChI is InChI=1S/C15H19N3O4S/c1-2-11-3-5-12(6-4-11)23(21,22)18-9-7-15(8-10-18)13(19)16-14(20)17-15/h3-6H,2,7-10H2,1H3,(H2,16,17,19,20). The van der Waals surface area contributed by atoms with E-state index in [1.54, 1.807) is 12.1 Å². The van der Waals surface area contributed by atoms with Crippen LogP contribution in [0.15, 0.2) is 29.2 Å². The van der Waals surface area contributed by atoms with E-state index in [0.717, 1.165) is 12.0 Å². The number of carbonyl (C=O) groups is 2. The second-order valence-electron chi connectivity index (χ2n) is 5.89. The summed E-state index contributed by atoms with van der Waals surface area (Å²) in [6, 6.07) is 6.33. The molecule has 7 nitrogen and oxygen atoms in total. The third kappa shape index (κ3) is 2.72. The van der Waals surface area contributed by atoms with Gasteiger partial charge in [-0.25, -0.2) is 13.2 Å². The molecular weight excluding hydrogens is 318 g/mol. The molecule has 2 heterocycles. The molecule has 2 aliphatic heterocycles. The Kier molecular flexibility index (Phi) is 3.89. The van der Waals surface area contributed by atoms with Gasteiger partial charge < -0.3 is 5.32 Å². The second kappa shape index (κ2) is 5.61. The molecule has 0 saturated carbocycles. The molecule has 0 aromatic heterocycles. The van der Waals surface area contributed by atoms with Gasteiger partial charge in [-0.3, -0.25) is 10.1 Å². The number of aryl methyl sites for hydroxylation is 1. The summed E-state index contributed by atoms with van der Waals surface area (Å²) >= 11 is 0. The number of rotatable bonds is 3. The lowest BCUT2D eigenvalue weighted by atomic mass is 9.89. The van der Waals surface area contributed by atoms with E-state index in [9.17, 15) is 18.0 Å². The highest BCUT2D eigenvalue weighted by molar-refractivity contribution is 7.89. The maximum atomic E-state index is 12.7. The zero-order chi connectivity index (χ0) is 16.7. The van der Waals surface area contributed by atoms with Gasteiger partial charge in [-0.15, -0.1) is 0 Å². The molecule has 23 heavy (non-hydrogen) atoms. The molecule has 0 unspecified atom stereocenters. The van der Waals surface area contributed by atoms with E-state index in [1.165, 1.54) is 4.31 Å². The third-order valence-electron chi connectivity index (χ3n) is 4.56. The average molecular weight is 337 g/mol. The van der Waals surface area contributed by atoms with Gasteiger partial charge in [-0.05, 0) is 37.0 Å². The highest BCUT2D eigenvalue weighted by atomic mass is 32.2. The lowest BCUT2D eigenvalue weighted by Gasteiger charge is -2.36. The van der Waals surface area contributed by atoms with Gasteiger partial charge in [0.2, 0.25) is 10.0 Å². The number of nitrogens with one attached hydrogen (secondary N) is 2. The fourth-order valence-corrected chi connectivity index (χ4v) is 4.48. The van der Waals surface area contributed by atoms with Gasteiger partial charge in [-0.2, -0.15) is 4.31 Å². The first-order valence-electron chi connectivity index (χ1n) is 7.60. The maximum absolute atomic E-state index is 12.7. The molecule has 2 aliphatic rings. The molecule has 0 aliphatic carbocycles. The van der Waals surface area contributed by atoms with Crippen LogP contribution in [-0.4, -0.2) is 43.3 Å². The van der Waals surface area contributed by atoms with Gasteiger partial charge >= 0.3 is 6.03 Å². The van der Waals surface area contributed by atoms with Crippen LogP contribution in [0.25, 0.3) is 0 Å². The fraction of sp³-hybridized carbons (Fsp3) is 0.467. The summed E-state index contributed by atoms with van der Waals surface area (Å²) in [6.45, 7) is 2.41. The molecule has 2 N–H and O–H groups in total. The van der Waals surface area contributed by atoms with Crippen LogP contribution >= 0.6 is 0 Å². The number of urea groups is 1. The van der Waals surface area contributed by atoms with Gasteiger partial charge in [-0.1, -0.05) is 19.1 Å². The smallest absolute Gasteiger partial charge is 0.322 e. The van der Waals surface area contributed by atoms with Crippen molar-refractivity contribution in [2.75, 3.05) is 13.1 Å². The minimum absolute atomic E-state index is 0.200. The summed E-state index contributed by atoms with van der Waals surface area (Å²) in [5, 5.41) is 4.84. The number of imide groups is 1. The Balaban J connectivity index is 1.76. The first-order chi connectivity index (χ1) is 10.9. The van der Waals surface area contributed by atoms with Gasteiger partial charge in [0.25, 0.3) is 5.91 Å². The maximum Gasteiger partial charge on any atom is 0.322 e. The number of carbonyl (C=O) groups excluding carboxylic acids is 2. The van der Waals surface area contributed by atoms with E-state index in [4.69, 9.17) is 0 Å². The minimum atomic E-state index is -3.58. The number of nitrogens with zero attached hydrogens (tertiary/aromatic N) is 1. The van der Waals surface area contributed by atoms with Gasteiger partial charge in [0.05, 0.1) is 4.90 Å². The van der Waals surface area contributed by atoms with Crippen molar-refractivity contribution in [2.45, 2.75) is 36.6 Å². The predicted octanol–water partition coefficient (Wildman–Crippen LogP) is 0.612. The molecule has 124 valence electrons. The van der Waals surface area contributed by atoms with Crippen molar-refractivity contribution >= 4 is 22.0 Å². The molecule has 0 atom stereocenters. The van der Waals surface area contributed by atoms with Crippen LogP contribution in [0.1, 0.15) is 25.3 Å². The van der Waals surface area contributed by atoms with Gasteiger partial charge in [0.15, 0.2) is 0 Å². The van der Waals surface area contributed by atoms with Crippen molar-refractivity contribution in [1.29, 1.82) is 0 Å². The van der Waals surface area contributed by atoms with Crippen LogP contribution in [0.5, 0.6) is 0 Å². The van der Waals surface area contributed by atoms with Crippen molar-refractivity contribution in [2.24, 2.45) is 0 Å². The molecule has 1 aromatic carbocycles. The van der Waals surface area contributed by atoms with E-state index in [2.05, 4.69) is 10.6 Å². The molecule has 2 fully saturated rings. The van der Waals surface area contributed by atoms with Crippen LogP contribution in [0.3, 0.4) is 0 Å². The summed E-state index contributed by atoms with van der Waals surface area (Å²) in [5.41, 5.74) is 0.113. The summed E-state index contributed by atoms with van der Waals surface area (Å²) in [7, 11) is -3.58. The lowest BCUT2D eigenvalue weighted by molar-refractivity contribution is -0.125. The topological polar surface area (TPSA) is 95.6 Å². The van der Waals surface area contributed by atoms with E-state index in [-0.39, 0.29) is 36.7 Å². The van der Waals surface area contributed by atoms with Crippen molar-refractivity contribution in [3.8, 4) is 0 Å². The number of sulfonamides is 1. The van der Waals surface area contributed by atoms with Crippen molar-refractivity contribution < 1.29 is 18.0 Å². The zero-order valence-electron chi connectivity index (χ0n) is 12.8. The Hall–Kier alpha value is -1.93. The second-order valence-corrected chi connectivity index (χ2v) is 7.83. The first-order valence-corrected chi connectivity index (χ1v) is 9.04. The fourth-order valence-electron chi connectivity index (χ4n) is 3.03. The largest absolute Gasteiger partial charge is 0.323 e. The highest BCUT2D eigenvalue weighted by Gasteiger charge is 2.49. The predicted molar refractivity (Wildman–Crippen MR) is 83.2 cm³/mol. The van der Waals surface area contributed by atoms with Crippen LogP contribution in [0.2, 0.25) is 0 Å². The SMILES string of the molecule is CCc1ccc(S(=O)(=O)N2CCC3(CC2)NC(=O)NC3=O)cc1. The summed E-state index contributed by atoms with van der Waals surface area (Å²) in [4.78, 5) is 23.5. The van der Waals surface area contributed by atoms with Crippen LogP contribution < -0.4 is 10.6 Å².